The van der Waals surface area contributed by atoms with Crippen LogP contribution in [0.2, 0.25) is 0 Å². The van der Waals surface area contributed by atoms with Gasteiger partial charge in [0.25, 0.3) is 0 Å². The van der Waals surface area contributed by atoms with E-state index in [0.717, 1.165) is 13.0 Å². The second-order valence-corrected chi connectivity index (χ2v) is 9.64. The quantitative estimate of drug-likeness (QED) is 0.129. The van der Waals surface area contributed by atoms with E-state index < -0.39 is 5.82 Å². The smallest absolute Gasteiger partial charge is 0.125 e. The molecule has 1 aromatic carbocycles. The minimum atomic E-state index is -0.448. The highest BCUT2D eigenvalue weighted by atomic mass is 19.1. The number of rotatable bonds is 21. The van der Waals surface area contributed by atoms with E-state index >= 15 is 0 Å². The maximum Gasteiger partial charge on any atom is 0.125 e. The Morgan fingerprint density at radius 3 is 1.77 bits per heavy atom. The lowest BCUT2D eigenvalue weighted by molar-refractivity contribution is 0.0759. The molecule has 1 atom stereocenters. The summed E-state index contributed by atoms with van der Waals surface area (Å²) in [6.45, 7) is 3.98. The molecule has 35 heavy (non-hydrogen) atoms. The Balaban J connectivity index is 2.00. The molecule has 196 valence electrons. The zero-order valence-corrected chi connectivity index (χ0v) is 22.4. The molecular formula is C31H48FNO2. The van der Waals surface area contributed by atoms with Gasteiger partial charge in [0.2, 0.25) is 0 Å². The molecule has 0 aliphatic carbocycles. The first kappa shape index (κ1) is 31.2. The van der Waals surface area contributed by atoms with E-state index in [0.29, 0.717) is 18.8 Å². The molecule has 0 aliphatic rings. The van der Waals surface area contributed by atoms with Crippen molar-refractivity contribution in [3.63, 3.8) is 0 Å². The SMILES string of the molecule is CCCCCCCCCCCCCCCCCCOC[C@@H](C#Cc1cc(F)cc(C#N)c1)COC. The van der Waals surface area contributed by atoms with E-state index in [1.807, 2.05) is 6.07 Å². The van der Waals surface area contributed by atoms with E-state index in [1.165, 1.54) is 108 Å². The van der Waals surface area contributed by atoms with Gasteiger partial charge in [-0.3, -0.25) is 0 Å². The van der Waals surface area contributed by atoms with Crippen molar-refractivity contribution >= 4 is 0 Å². The molecule has 0 heterocycles. The van der Waals surface area contributed by atoms with E-state index in [1.54, 1.807) is 13.2 Å². The van der Waals surface area contributed by atoms with Crippen molar-refractivity contribution in [2.24, 2.45) is 5.92 Å². The fraction of sp³-hybridized carbons (Fsp3) is 0.710. The summed E-state index contributed by atoms with van der Waals surface area (Å²) in [6, 6.07) is 6.10. The van der Waals surface area contributed by atoms with Gasteiger partial charge >= 0.3 is 0 Å². The van der Waals surface area contributed by atoms with Crippen molar-refractivity contribution in [3.8, 4) is 17.9 Å². The minimum absolute atomic E-state index is 0.0742. The number of nitriles is 1. The summed E-state index contributed by atoms with van der Waals surface area (Å²) < 4.78 is 24.6. The Labute approximate surface area is 214 Å². The molecule has 0 aliphatic heterocycles. The largest absolute Gasteiger partial charge is 0.383 e. The molecule has 3 nitrogen and oxygen atoms in total. The van der Waals surface area contributed by atoms with Gasteiger partial charge in [-0.2, -0.15) is 5.26 Å². The van der Waals surface area contributed by atoms with Crippen molar-refractivity contribution < 1.29 is 13.9 Å². The van der Waals surface area contributed by atoms with Gasteiger partial charge in [-0.05, 0) is 24.6 Å². The molecule has 1 rings (SSSR count). The predicted octanol–water partition coefficient (Wildman–Crippen LogP) is 8.59. The molecule has 0 spiro atoms. The Hall–Kier alpha value is -1.88. The fourth-order valence-electron chi connectivity index (χ4n) is 4.22. The third-order valence-corrected chi connectivity index (χ3v) is 6.28. The third kappa shape index (κ3) is 18.1. The Morgan fingerprint density at radius 2 is 1.26 bits per heavy atom. The van der Waals surface area contributed by atoms with E-state index in [-0.39, 0.29) is 11.5 Å². The number of unbranched alkanes of at least 4 members (excludes halogenated alkanes) is 15. The number of methoxy groups -OCH3 is 1. The molecule has 4 heteroatoms. The third-order valence-electron chi connectivity index (χ3n) is 6.28. The summed E-state index contributed by atoms with van der Waals surface area (Å²) >= 11 is 0. The normalized spacial score (nSPS) is 11.6. The Bertz CT molecular complexity index is 747. The average molecular weight is 486 g/mol. The number of ether oxygens (including phenoxy) is 2. The van der Waals surface area contributed by atoms with Crippen molar-refractivity contribution in [1.29, 1.82) is 5.26 Å². The summed E-state index contributed by atoms with van der Waals surface area (Å²) in [5.74, 6) is 5.53. The van der Waals surface area contributed by atoms with Crippen LogP contribution in [0.15, 0.2) is 18.2 Å². The lowest BCUT2D eigenvalue weighted by Gasteiger charge is -2.10. The number of halogens is 1. The molecule has 0 unspecified atom stereocenters. The summed E-state index contributed by atoms with van der Waals surface area (Å²) in [7, 11) is 1.64. The monoisotopic (exact) mass is 485 g/mol. The topological polar surface area (TPSA) is 42.2 Å². The van der Waals surface area contributed by atoms with Gasteiger partial charge in [0.05, 0.1) is 30.8 Å². The fourth-order valence-corrected chi connectivity index (χ4v) is 4.22. The Kier molecular flexibility index (Phi) is 20.1. The van der Waals surface area contributed by atoms with Crippen molar-refractivity contribution in [2.75, 3.05) is 26.9 Å². The second-order valence-electron chi connectivity index (χ2n) is 9.64. The molecule has 0 N–H and O–H groups in total. The van der Waals surface area contributed by atoms with Crippen molar-refractivity contribution in [2.45, 2.75) is 110 Å². The molecular weight excluding hydrogens is 437 g/mol. The van der Waals surface area contributed by atoms with Gasteiger partial charge in [0.1, 0.15) is 5.82 Å². The summed E-state index contributed by atoms with van der Waals surface area (Å²) in [5.41, 5.74) is 0.776. The zero-order valence-electron chi connectivity index (χ0n) is 22.4. The van der Waals surface area contributed by atoms with Crippen LogP contribution in [0.1, 0.15) is 121 Å². The molecule has 0 saturated heterocycles. The van der Waals surface area contributed by atoms with Crippen molar-refractivity contribution in [1.82, 2.24) is 0 Å². The van der Waals surface area contributed by atoms with Crippen LogP contribution >= 0.6 is 0 Å². The lowest BCUT2D eigenvalue weighted by atomic mass is 10.0. The average Bonchev–Trinajstić information content (AvgIpc) is 2.86. The van der Waals surface area contributed by atoms with Gasteiger partial charge in [-0.1, -0.05) is 115 Å². The van der Waals surface area contributed by atoms with Crippen LogP contribution in [-0.4, -0.2) is 26.9 Å². The summed E-state index contributed by atoms with van der Waals surface area (Å²) in [5, 5.41) is 8.96. The predicted molar refractivity (Wildman–Crippen MR) is 144 cm³/mol. The molecule has 0 fully saturated rings. The Morgan fingerprint density at radius 1 is 0.743 bits per heavy atom. The maximum absolute atomic E-state index is 13.6. The molecule has 0 bridgehead atoms. The van der Waals surface area contributed by atoms with Crippen LogP contribution in [0.3, 0.4) is 0 Å². The van der Waals surface area contributed by atoms with Gasteiger partial charge < -0.3 is 9.47 Å². The van der Waals surface area contributed by atoms with E-state index in [4.69, 9.17) is 14.7 Å². The first-order valence-electron chi connectivity index (χ1n) is 14.0. The highest BCUT2D eigenvalue weighted by molar-refractivity contribution is 5.42. The van der Waals surface area contributed by atoms with Crippen LogP contribution in [0.25, 0.3) is 0 Å². The first-order chi connectivity index (χ1) is 17.2. The van der Waals surface area contributed by atoms with Gasteiger partial charge in [-0.25, -0.2) is 4.39 Å². The number of nitrogens with zero attached hydrogens (tertiary/aromatic N) is 1. The summed E-state index contributed by atoms with van der Waals surface area (Å²) in [4.78, 5) is 0. The molecule has 1 aromatic rings. The second kappa shape index (κ2) is 22.6. The molecule has 0 saturated carbocycles. The molecule has 0 aromatic heterocycles. The van der Waals surface area contributed by atoms with Gasteiger partial charge in [0.15, 0.2) is 0 Å². The van der Waals surface area contributed by atoms with E-state index in [9.17, 15) is 4.39 Å². The standard InChI is InChI=1S/C31H48FNO2/c1-3-4-5-6-7-8-9-10-11-12-13-14-15-16-17-18-21-35-27-29(26-34-2)20-19-28-22-30(25-33)24-31(32)23-28/h22-24,29H,3-18,21,26-27H2,1-2H3/t29-/m0/s1. The van der Waals surface area contributed by atoms with Crippen LogP contribution < -0.4 is 0 Å². The summed E-state index contributed by atoms with van der Waals surface area (Å²) in [6.07, 6.45) is 21.7. The van der Waals surface area contributed by atoms with Crippen LogP contribution in [-0.2, 0) is 9.47 Å². The van der Waals surface area contributed by atoms with Crippen LogP contribution in [0, 0.1) is 34.9 Å². The lowest BCUT2D eigenvalue weighted by Crippen LogP contribution is -2.14. The van der Waals surface area contributed by atoms with Gasteiger partial charge in [-0.15, -0.1) is 0 Å². The number of benzene rings is 1. The molecule has 0 amide bonds. The van der Waals surface area contributed by atoms with Gasteiger partial charge in [0, 0.05) is 19.3 Å². The van der Waals surface area contributed by atoms with Crippen molar-refractivity contribution in [3.05, 3.63) is 35.1 Å². The number of hydrogen-bond acceptors (Lipinski definition) is 3. The van der Waals surface area contributed by atoms with Crippen LogP contribution in [0.5, 0.6) is 0 Å². The molecule has 0 radical (unpaired) electrons. The van der Waals surface area contributed by atoms with E-state index in [2.05, 4.69) is 18.8 Å². The highest BCUT2D eigenvalue weighted by Gasteiger charge is 2.06. The highest BCUT2D eigenvalue weighted by Crippen LogP contribution is 2.14. The minimum Gasteiger partial charge on any atom is -0.383 e. The van der Waals surface area contributed by atoms with Crippen LogP contribution in [0.4, 0.5) is 4.39 Å². The zero-order chi connectivity index (χ0) is 25.4. The number of hydrogen-bond donors (Lipinski definition) is 0. The maximum atomic E-state index is 13.6. The first-order valence-corrected chi connectivity index (χ1v) is 14.0.